The van der Waals surface area contributed by atoms with Gasteiger partial charge < -0.3 is 10.1 Å². The fraction of sp³-hybridized carbons (Fsp3) is 0.143. The minimum atomic E-state index is -0.201. The van der Waals surface area contributed by atoms with E-state index in [1.165, 1.54) is 11.3 Å². The molecule has 0 saturated heterocycles. The van der Waals surface area contributed by atoms with E-state index >= 15 is 0 Å². The Morgan fingerprint density at radius 3 is 2.75 bits per heavy atom. The van der Waals surface area contributed by atoms with Crippen LogP contribution in [0.1, 0.15) is 20.9 Å². The van der Waals surface area contributed by atoms with Crippen molar-refractivity contribution in [3.63, 3.8) is 0 Å². The van der Waals surface area contributed by atoms with E-state index in [0.717, 1.165) is 21.5 Å². The molecule has 2 aromatic carbocycles. The highest BCUT2D eigenvalue weighted by molar-refractivity contribution is 7.20. The zero-order valence-electron chi connectivity index (χ0n) is 15.4. The predicted octanol–water partition coefficient (Wildman–Crippen LogP) is 5.37. The van der Waals surface area contributed by atoms with Gasteiger partial charge in [-0.2, -0.15) is 5.10 Å². The molecule has 0 aliphatic heterocycles. The molecular formula is C21H18ClN3O2S. The van der Waals surface area contributed by atoms with Crippen molar-refractivity contribution in [1.82, 2.24) is 9.78 Å². The zero-order chi connectivity index (χ0) is 19.7. The Kier molecular flexibility index (Phi) is 5.07. The minimum Gasteiger partial charge on any atom is -0.495 e. The highest BCUT2D eigenvalue weighted by Crippen LogP contribution is 2.32. The maximum Gasteiger partial charge on any atom is 0.265 e. The average molecular weight is 412 g/mol. The van der Waals surface area contributed by atoms with Crippen LogP contribution in [0.25, 0.3) is 10.2 Å². The molecule has 4 rings (SSSR count). The number of carbonyl (C=O) groups excluding carboxylic acids is 1. The Bertz CT molecular complexity index is 1150. The lowest BCUT2D eigenvalue weighted by Gasteiger charge is -2.09. The molecule has 0 bridgehead atoms. The Hall–Kier alpha value is -2.83. The molecule has 5 nitrogen and oxygen atoms in total. The number of aryl methyl sites for hydroxylation is 1. The van der Waals surface area contributed by atoms with Crippen LogP contribution in [0, 0.1) is 6.92 Å². The molecule has 1 N–H and O–H groups in total. The number of hydrogen-bond acceptors (Lipinski definition) is 4. The average Bonchev–Trinajstić information content (AvgIpc) is 3.24. The third-order valence-corrected chi connectivity index (χ3v) is 5.80. The second-order valence-electron chi connectivity index (χ2n) is 6.36. The molecule has 0 aliphatic rings. The van der Waals surface area contributed by atoms with Crippen LogP contribution in [0.4, 0.5) is 5.69 Å². The predicted molar refractivity (Wildman–Crippen MR) is 114 cm³/mol. The van der Waals surface area contributed by atoms with Crippen LogP contribution in [-0.2, 0) is 6.54 Å². The minimum absolute atomic E-state index is 0.201. The van der Waals surface area contributed by atoms with Gasteiger partial charge >= 0.3 is 0 Å². The number of thiophene rings is 1. The number of benzene rings is 2. The zero-order valence-corrected chi connectivity index (χ0v) is 17.0. The molecule has 0 radical (unpaired) electrons. The molecule has 7 heteroatoms. The SMILES string of the molecule is COc1ccc(Cl)cc1NC(=O)c1cc2c(C)nn(Cc3ccccc3)c2s1. The summed E-state index contributed by atoms with van der Waals surface area (Å²) in [7, 11) is 1.56. The number of halogens is 1. The third-order valence-electron chi connectivity index (χ3n) is 4.42. The van der Waals surface area contributed by atoms with Gasteiger partial charge in [0.2, 0.25) is 0 Å². The summed E-state index contributed by atoms with van der Waals surface area (Å²) in [6, 6.07) is 17.1. The first kappa shape index (κ1) is 18.5. The Labute approximate surface area is 171 Å². The van der Waals surface area contributed by atoms with Crippen molar-refractivity contribution in [2.75, 3.05) is 12.4 Å². The van der Waals surface area contributed by atoms with Gasteiger partial charge in [0.25, 0.3) is 5.91 Å². The normalized spacial score (nSPS) is 11.0. The summed E-state index contributed by atoms with van der Waals surface area (Å²) < 4.78 is 7.25. The number of amides is 1. The van der Waals surface area contributed by atoms with Gasteiger partial charge in [-0.25, -0.2) is 0 Å². The van der Waals surface area contributed by atoms with Crippen LogP contribution < -0.4 is 10.1 Å². The number of nitrogens with zero attached hydrogens (tertiary/aromatic N) is 2. The molecule has 1 amide bonds. The van der Waals surface area contributed by atoms with Crippen molar-refractivity contribution in [2.24, 2.45) is 0 Å². The number of ether oxygens (including phenoxy) is 1. The molecule has 0 atom stereocenters. The highest BCUT2D eigenvalue weighted by atomic mass is 35.5. The van der Waals surface area contributed by atoms with E-state index in [0.29, 0.717) is 27.9 Å². The van der Waals surface area contributed by atoms with Gasteiger partial charge in [0.1, 0.15) is 10.6 Å². The quantitative estimate of drug-likeness (QED) is 0.480. The van der Waals surface area contributed by atoms with E-state index in [4.69, 9.17) is 16.3 Å². The summed E-state index contributed by atoms with van der Waals surface area (Å²) in [6.45, 7) is 2.62. The summed E-state index contributed by atoms with van der Waals surface area (Å²) in [6.07, 6.45) is 0. The maximum atomic E-state index is 12.8. The number of carbonyl (C=O) groups is 1. The second-order valence-corrected chi connectivity index (χ2v) is 7.82. The third kappa shape index (κ3) is 3.61. The van der Waals surface area contributed by atoms with Gasteiger partial charge in [-0.3, -0.25) is 9.48 Å². The number of rotatable bonds is 5. The Morgan fingerprint density at radius 2 is 2.00 bits per heavy atom. The molecule has 0 aliphatic carbocycles. The first-order chi connectivity index (χ1) is 13.5. The van der Waals surface area contributed by atoms with E-state index in [1.54, 1.807) is 25.3 Å². The maximum absolute atomic E-state index is 12.8. The topological polar surface area (TPSA) is 56.1 Å². The van der Waals surface area contributed by atoms with Crippen LogP contribution >= 0.6 is 22.9 Å². The lowest BCUT2D eigenvalue weighted by Crippen LogP contribution is -2.11. The molecule has 142 valence electrons. The van der Waals surface area contributed by atoms with Crippen LogP contribution in [0.3, 0.4) is 0 Å². The fourth-order valence-corrected chi connectivity index (χ4v) is 4.28. The first-order valence-electron chi connectivity index (χ1n) is 8.71. The molecule has 0 unspecified atom stereocenters. The standard InChI is InChI=1S/C21H18ClN3O2S/c1-13-16-11-19(20(26)23-17-10-15(22)8-9-18(17)27-2)28-21(16)25(24-13)12-14-6-4-3-5-7-14/h3-11H,12H2,1-2H3,(H,23,26). The van der Waals surface area contributed by atoms with Crippen molar-refractivity contribution in [3.05, 3.63) is 75.8 Å². The molecule has 2 heterocycles. The summed E-state index contributed by atoms with van der Waals surface area (Å²) in [5.74, 6) is 0.359. The number of fused-ring (bicyclic) bond motifs is 1. The summed E-state index contributed by atoms with van der Waals surface area (Å²) >= 11 is 7.48. The first-order valence-corrected chi connectivity index (χ1v) is 9.90. The van der Waals surface area contributed by atoms with Gasteiger partial charge in [-0.1, -0.05) is 41.9 Å². The highest BCUT2D eigenvalue weighted by Gasteiger charge is 2.18. The number of nitrogens with one attached hydrogen (secondary N) is 1. The van der Waals surface area contributed by atoms with Crippen molar-refractivity contribution < 1.29 is 9.53 Å². The van der Waals surface area contributed by atoms with Gasteiger partial charge in [-0.05, 0) is 36.8 Å². The number of anilines is 1. The van der Waals surface area contributed by atoms with E-state index in [1.807, 2.05) is 35.9 Å². The monoisotopic (exact) mass is 411 g/mol. The molecule has 0 spiro atoms. The van der Waals surface area contributed by atoms with Crippen molar-refractivity contribution in [2.45, 2.75) is 13.5 Å². The van der Waals surface area contributed by atoms with Crippen molar-refractivity contribution in [3.8, 4) is 5.75 Å². The lowest BCUT2D eigenvalue weighted by molar-refractivity contribution is 0.103. The lowest BCUT2D eigenvalue weighted by atomic mass is 10.2. The number of hydrogen-bond donors (Lipinski definition) is 1. The van der Waals surface area contributed by atoms with Crippen LogP contribution in [0.5, 0.6) is 5.75 Å². The van der Waals surface area contributed by atoms with Crippen molar-refractivity contribution >= 4 is 44.7 Å². The van der Waals surface area contributed by atoms with E-state index in [-0.39, 0.29) is 5.91 Å². The Balaban J connectivity index is 1.64. The molecular weight excluding hydrogens is 394 g/mol. The second kappa shape index (κ2) is 7.66. The van der Waals surface area contributed by atoms with Gasteiger partial charge in [-0.15, -0.1) is 11.3 Å². The van der Waals surface area contributed by atoms with Gasteiger partial charge in [0.15, 0.2) is 0 Å². The van der Waals surface area contributed by atoms with E-state index < -0.39 is 0 Å². The molecule has 28 heavy (non-hydrogen) atoms. The van der Waals surface area contributed by atoms with Crippen LogP contribution in [0.2, 0.25) is 5.02 Å². The van der Waals surface area contributed by atoms with E-state index in [2.05, 4.69) is 22.5 Å². The van der Waals surface area contributed by atoms with Crippen molar-refractivity contribution in [1.29, 1.82) is 0 Å². The van der Waals surface area contributed by atoms with Crippen LogP contribution in [-0.4, -0.2) is 22.8 Å². The molecule has 0 saturated carbocycles. The number of methoxy groups -OCH3 is 1. The van der Waals surface area contributed by atoms with E-state index in [9.17, 15) is 4.79 Å². The van der Waals surface area contributed by atoms with Crippen LogP contribution in [0.15, 0.2) is 54.6 Å². The summed E-state index contributed by atoms with van der Waals surface area (Å²) in [5.41, 5.74) is 2.61. The fourth-order valence-electron chi connectivity index (χ4n) is 3.05. The van der Waals surface area contributed by atoms with Gasteiger partial charge in [0, 0.05) is 10.4 Å². The molecule has 0 fully saturated rings. The molecule has 2 aromatic heterocycles. The summed E-state index contributed by atoms with van der Waals surface area (Å²) in [5, 5.41) is 9.04. The number of aromatic nitrogens is 2. The Morgan fingerprint density at radius 1 is 1.21 bits per heavy atom. The largest absolute Gasteiger partial charge is 0.495 e. The summed E-state index contributed by atoms with van der Waals surface area (Å²) in [4.78, 5) is 14.4. The smallest absolute Gasteiger partial charge is 0.265 e. The molecule has 4 aromatic rings. The van der Waals surface area contributed by atoms with Gasteiger partial charge in [0.05, 0.1) is 29.9 Å².